The maximum absolute atomic E-state index is 2.49. The molecule has 0 atom stereocenters. The maximum atomic E-state index is 2.49. The zero-order chi connectivity index (χ0) is 16.1. The summed E-state index contributed by atoms with van der Waals surface area (Å²) in [7, 11) is 0. The van der Waals surface area contributed by atoms with E-state index in [2.05, 4.69) is 56.3 Å². The Morgan fingerprint density at radius 2 is 1.52 bits per heavy atom. The zero-order valence-electron chi connectivity index (χ0n) is 14.8. The minimum atomic E-state index is 0.764. The van der Waals surface area contributed by atoms with E-state index in [0.717, 1.165) is 12.3 Å². The molecular weight excluding hydrogens is 276 g/mol. The molecule has 0 aromatic heterocycles. The van der Waals surface area contributed by atoms with E-state index in [-0.39, 0.29) is 0 Å². The molecule has 2 aromatic carbocycles. The van der Waals surface area contributed by atoms with Crippen LogP contribution in [0.2, 0.25) is 0 Å². The van der Waals surface area contributed by atoms with Crippen molar-refractivity contribution >= 4 is 0 Å². The van der Waals surface area contributed by atoms with Crippen molar-refractivity contribution in [1.82, 2.24) is 0 Å². The molecule has 0 amide bonds. The van der Waals surface area contributed by atoms with E-state index >= 15 is 0 Å². The van der Waals surface area contributed by atoms with Crippen LogP contribution in [0, 0.1) is 0 Å². The van der Waals surface area contributed by atoms with Gasteiger partial charge in [0.1, 0.15) is 0 Å². The monoisotopic (exact) mass is 306 g/mol. The quantitative estimate of drug-likeness (QED) is 0.562. The second kappa shape index (κ2) is 7.81. The molecule has 0 nitrogen and oxygen atoms in total. The molecule has 0 N–H and O–H groups in total. The van der Waals surface area contributed by atoms with Gasteiger partial charge in [-0.3, -0.25) is 0 Å². The zero-order valence-corrected chi connectivity index (χ0v) is 14.8. The molecule has 3 rings (SSSR count). The standard InChI is InChI=1S/C23H30/c1-3-8-19-11-14-21(15-12-19)22-16-13-18(4-2)17-23(22)20-9-6-5-7-10-20/h11-17,20H,3-10H2,1-2H3. The van der Waals surface area contributed by atoms with Gasteiger partial charge in [0.15, 0.2) is 0 Å². The van der Waals surface area contributed by atoms with E-state index in [4.69, 9.17) is 0 Å². The molecule has 0 radical (unpaired) electrons. The lowest BCUT2D eigenvalue weighted by Crippen LogP contribution is -2.06. The second-order valence-electron chi connectivity index (χ2n) is 7.06. The third kappa shape index (κ3) is 3.86. The van der Waals surface area contributed by atoms with E-state index in [1.165, 1.54) is 67.2 Å². The summed E-state index contributed by atoms with van der Waals surface area (Å²) in [6.45, 7) is 4.51. The van der Waals surface area contributed by atoms with Crippen LogP contribution in [0.15, 0.2) is 42.5 Å². The van der Waals surface area contributed by atoms with Crippen LogP contribution >= 0.6 is 0 Å². The average Bonchev–Trinajstić information content (AvgIpc) is 2.63. The van der Waals surface area contributed by atoms with E-state index in [9.17, 15) is 0 Å². The first-order chi connectivity index (χ1) is 11.3. The lowest BCUT2D eigenvalue weighted by atomic mass is 9.80. The highest BCUT2D eigenvalue weighted by molar-refractivity contribution is 5.69. The van der Waals surface area contributed by atoms with Crippen LogP contribution in [0.4, 0.5) is 0 Å². The fourth-order valence-electron chi connectivity index (χ4n) is 3.99. The average molecular weight is 306 g/mol. The summed E-state index contributed by atoms with van der Waals surface area (Å²) in [5.74, 6) is 0.764. The van der Waals surface area contributed by atoms with Crippen molar-refractivity contribution in [2.75, 3.05) is 0 Å². The Hall–Kier alpha value is -1.56. The smallest absolute Gasteiger partial charge is 0.0149 e. The van der Waals surface area contributed by atoms with Crippen LogP contribution in [0.3, 0.4) is 0 Å². The number of hydrogen-bond donors (Lipinski definition) is 0. The number of benzene rings is 2. The van der Waals surface area contributed by atoms with Crippen molar-refractivity contribution in [3.8, 4) is 11.1 Å². The molecule has 1 saturated carbocycles. The van der Waals surface area contributed by atoms with Gasteiger partial charge >= 0.3 is 0 Å². The van der Waals surface area contributed by atoms with Gasteiger partial charge in [0.2, 0.25) is 0 Å². The van der Waals surface area contributed by atoms with Crippen LogP contribution < -0.4 is 0 Å². The fraction of sp³-hybridized carbons (Fsp3) is 0.478. The van der Waals surface area contributed by atoms with E-state index in [0.29, 0.717) is 0 Å². The molecule has 0 bridgehead atoms. The summed E-state index contributed by atoms with van der Waals surface area (Å²) in [4.78, 5) is 0. The van der Waals surface area contributed by atoms with Crippen molar-refractivity contribution in [1.29, 1.82) is 0 Å². The molecule has 0 heterocycles. The SMILES string of the molecule is CCCc1ccc(-c2ccc(CC)cc2C2CCCCC2)cc1. The van der Waals surface area contributed by atoms with Gasteiger partial charge in [0.25, 0.3) is 0 Å². The lowest BCUT2D eigenvalue weighted by Gasteiger charge is -2.25. The van der Waals surface area contributed by atoms with Gasteiger partial charge in [-0.25, -0.2) is 0 Å². The molecule has 0 aliphatic heterocycles. The Morgan fingerprint density at radius 1 is 0.826 bits per heavy atom. The predicted octanol–water partition coefficient (Wildman–Crippen LogP) is 6.92. The Morgan fingerprint density at radius 3 is 2.17 bits per heavy atom. The highest BCUT2D eigenvalue weighted by Crippen LogP contribution is 2.38. The van der Waals surface area contributed by atoms with Gasteiger partial charge in [0.05, 0.1) is 0 Å². The van der Waals surface area contributed by atoms with Crippen molar-refractivity contribution in [3.63, 3.8) is 0 Å². The van der Waals surface area contributed by atoms with Gasteiger partial charge in [0, 0.05) is 0 Å². The fourth-order valence-corrected chi connectivity index (χ4v) is 3.99. The molecule has 0 unspecified atom stereocenters. The molecule has 2 aromatic rings. The van der Waals surface area contributed by atoms with Gasteiger partial charge < -0.3 is 0 Å². The molecule has 0 heteroatoms. The number of aryl methyl sites for hydroxylation is 2. The van der Waals surface area contributed by atoms with Gasteiger partial charge in [-0.1, -0.05) is 82.0 Å². The Kier molecular flexibility index (Phi) is 5.54. The van der Waals surface area contributed by atoms with Crippen LogP contribution in [0.5, 0.6) is 0 Å². The topological polar surface area (TPSA) is 0 Å². The third-order valence-electron chi connectivity index (χ3n) is 5.37. The van der Waals surface area contributed by atoms with Crippen LogP contribution in [-0.2, 0) is 12.8 Å². The Balaban J connectivity index is 1.96. The molecule has 0 saturated heterocycles. The molecule has 1 aliphatic carbocycles. The minimum Gasteiger partial charge on any atom is -0.0651 e. The molecular formula is C23H30. The number of hydrogen-bond acceptors (Lipinski definition) is 0. The normalized spacial score (nSPS) is 15.7. The maximum Gasteiger partial charge on any atom is -0.0149 e. The number of rotatable bonds is 5. The molecule has 0 spiro atoms. The molecule has 1 aliphatic rings. The first-order valence-electron chi connectivity index (χ1n) is 9.54. The molecule has 23 heavy (non-hydrogen) atoms. The first kappa shape index (κ1) is 16.3. The van der Waals surface area contributed by atoms with Crippen LogP contribution in [0.1, 0.15) is 75.0 Å². The van der Waals surface area contributed by atoms with Crippen LogP contribution in [-0.4, -0.2) is 0 Å². The Labute approximate surface area is 141 Å². The van der Waals surface area contributed by atoms with Crippen LogP contribution in [0.25, 0.3) is 11.1 Å². The third-order valence-corrected chi connectivity index (χ3v) is 5.37. The molecule has 1 fully saturated rings. The van der Waals surface area contributed by atoms with Crippen molar-refractivity contribution in [2.24, 2.45) is 0 Å². The highest BCUT2D eigenvalue weighted by Gasteiger charge is 2.19. The summed E-state index contributed by atoms with van der Waals surface area (Å²) < 4.78 is 0. The van der Waals surface area contributed by atoms with E-state index in [1.54, 1.807) is 5.56 Å². The highest BCUT2D eigenvalue weighted by atomic mass is 14.2. The summed E-state index contributed by atoms with van der Waals surface area (Å²) in [6, 6.07) is 16.5. The van der Waals surface area contributed by atoms with Gasteiger partial charge in [-0.2, -0.15) is 0 Å². The largest absolute Gasteiger partial charge is 0.0651 e. The summed E-state index contributed by atoms with van der Waals surface area (Å²) in [5, 5.41) is 0. The van der Waals surface area contributed by atoms with E-state index < -0.39 is 0 Å². The molecule has 122 valence electrons. The minimum absolute atomic E-state index is 0.764. The van der Waals surface area contributed by atoms with Crippen molar-refractivity contribution in [3.05, 3.63) is 59.2 Å². The van der Waals surface area contributed by atoms with Gasteiger partial charge in [-0.05, 0) is 59.4 Å². The van der Waals surface area contributed by atoms with Crippen molar-refractivity contribution in [2.45, 2.75) is 71.1 Å². The van der Waals surface area contributed by atoms with Gasteiger partial charge in [-0.15, -0.1) is 0 Å². The summed E-state index contributed by atoms with van der Waals surface area (Å²) >= 11 is 0. The first-order valence-corrected chi connectivity index (χ1v) is 9.54. The summed E-state index contributed by atoms with van der Waals surface area (Å²) in [6.07, 6.45) is 10.5. The summed E-state index contributed by atoms with van der Waals surface area (Å²) in [5.41, 5.74) is 7.41. The second-order valence-corrected chi connectivity index (χ2v) is 7.06. The Bertz CT molecular complexity index is 615. The van der Waals surface area contributed by atoms with Crippen molar-refractivity contribution < 1.29 is 0 Å². The predicted molar refractivity (Wildman–Crippen MR) is 101 cm³/mol. The van der Waals surface area contributed by atoms with E-state index in [1.807, 2.05) is 0 Å². The lowest BCUT2D eigenvalue weighted by molar-refractivity contribution is 0.444.